The van der Waals surface area contributed by atoms with Gasteiger partial charge in [-0.2, -0.15) is 5.10 Å². The quantitative estimate of drug-likeness (QED) is 0.635. The lowest BCUT2D eigenvalue weighted by Crippen LogP contribution is -2.21. The molecule has 0 spiro atoms. The van der Waals surface area contributed by atoms with Crippen LogP contribution in [0.25, 0.3) is 0 Å². The first-order valence-corrected chi connectivity index (χ1v) is 6.96. The molecule has 2 aromatic rings. The average molecular weight is 314 g/mol. The zero-order valence-electron chi connectivity index (χ0n) is 12.2. The molecule has 0 fully saturated rings. The van der Waals surface area contributed by atoms with E-state index in [-0.39, 0.29) is 18.4 Å². The molecule has 5 nitrogen and oxygen atoms in total. The first-order valence-electron chi connectivity index (χ1n) is 6.96. The summed E-state index contributed by atoms with van der Waals surface area (Å²) < 4.78 is 13.6. The van der Waals surface area contributed by atoms with Crippen LogP contribution in [0.4, 0.5) is 4.39 Å². The number of carboxylic acids is 1. The van der Waals surface area contributed by atoms with Crippen LogP contribution in [0.1, 0.15) is 28.8 Å². The van der Waals surface area contributed by atoms with Gasteiger partial charge < -0.3 is 5.11 Å². The highest BCUT2D eigenvalue weighted by molar-refractivity contribution is 6.03. The number of carbonyl (C=O) groups is 2. The van der Waals surface area contributed by atoms with Gasteiger partial charge in [-0.15, -0.1) is 0 Å². The standard InChI is InChI=1S/C17H15FN2O3/c18-14-9-5-4-8-13(14)17(23)20-19-15(10-11-16(21)22)12-6-2-1-3-7-12/h1-9H,10-11H2,(H,20,23)(H,21,22)/b19-15+. The molecule has 23 heavy (non-hydrogen) atoms. The van der Waals surface area contributed by atoms with Crippen molar-refractivity contribution in [2.75, 3.05) is 0 Å². The second kappa shape index (κ2) is 7.84. The minimum absolute atomic E-state index is 0.122. The Morgan fingerprint density at radius 2 is 1.65 bits per heavy atom. The molecule has 0 saturated carbocycles. The number of hydrazone groups is 1. The number of carboxylic acid groups (broad SMARTS) is 1. The number of hydrogen-bond acceptors (Lipinski definition) is 3. The maximum Gasteiger partial charge on any atom is 0.303 e. The van der Waals surface area contributed by atoms with E-state index in [4.69, 9.17) is 5.11 Å². The maximum absolute atomic E-state index is 13.6. The fraction of sp³-hybridized carbons (Fsp3) is 0.118. The molecule has 0 atom stereocenters. The van der Waals surface area contributed by atoms with E-state index in [2.05, 4.69) is 10.5 Å². The first-order chi connectivity index (χ1) is 11.1. The first kappa shape index (κ1) is 16.4. The van der Waals surface area contributed by atoms with Gasteiger partial charge in [0, 0.05) is 6.42 Å². The average Bonchev–Trinajstić information content (AvgIpc) is 2.55. The summed E-state index contributed by atoms with van der Waals surface area (Å²) in [5.74, 6) is -2.30. The molecule has 0 unspecified atom stereocenters. The van der Waals surface area contributed by atoms with Gasteiger partial charge in [-0.05, 0) is 17.7 Å². The normalized spacial score (nSPS) is 11.1. The third kappa shape index (κ3) is 4.74. The third-order valence-corrected chi connectivity index (χ3v) is 3.09. The van der Waals surface area contributed by atoms with Crippen LogP contribution in [0, 0.1) is 5.82 Å². The smallest absolute Gasteiger partial charge is 0.303 e. The van der Waals surface area contributed by atoms with Crippen LogP contribution in [0.15, 0.2) is 59.7 Å². The number of nitrogens with one attached hydrogen (secondary N) is 1. The van der Waals surface area contributed by atoms with Gasteiger partial charge >= 0.3 is 5.97 Å². The number of benzene rings is 2. The van der Waals surface area contributed by atoms with Crippen LogP contribution in [0.2, 0.25) is 0 Å². The molecule has 0 saturated heterocycles. The van der Waals surface area contributed by atoms with E-state index >= 15 is 0 Å². The minimum atomic E-state index is -0.964. The molecule has 0 aliphatic heterocycles. The summed E-state index contributed by atoms with van der Waals surface area (Å²) >= 11 is 0. The topological polar surface area (TPSA) is 78.8 Å². The van der Waals surface area contributed by atoms with E-state index in [9.17, 15) is 14.0 Å². The molecule has 0 aliphatic carbocycles. The predicted octanol–water partition coefficient (Wildman–Crippen LogP) is 2.82. The number of halogens is 1. The lowest BCUT2D eigenvalue weighted by molar-refractivity contribution is -0.136. The number of hydrogen-bond donors (Lipinski definition) is 2. The van der Waals surface area contributed by atoms with Crippen LogP contribution in [-0.2, 0) is 4.79 Å². The van der Waals surface area contributed by atoms with Gasteiger partial charge in [-0.25, -0.2) is 9.82 Å². The van der Waals surface area contributed by atoms with Crippen molar-refractivity contribution in [1.82, 2.24) is 5.43 Å². The zero-order chi connectivity index (χ0) is 16.7. The lowest BCUT2D eigenvalue weighted by atomic mass is 10.1. The summed E-state index contributed by atoms with van der Waals surface area (Å²) in [4.78, 5) is 22.7. The van der Waals surface area contributed by atoms with E-state index in [0.29, 0.717) is 11.3 Å². The van der Waals surface area contributed by atoms with Gasteiger partial charge in [0.25, 0.3) is 5.91 Å². The van der Waals surface area contributed by atoms with Crippen molar-refractivity contribution >= 4 is 17.6 Å². The number of amides is 1. The molecular weight excluding hydrogens is 299 g/mol. The molecule has 0 radical (unpaired) electrons. The zero-order valence-corrected chi connectivity index (χ0v) is 12.2. The molecule has 0 aromatic heterocycles. The van der Waals surface area contributed by atoms with E-state index in [1.807, 2.05) is 6.07 Å². The van der Waals surface area contributed by atoms with Crippen LogP contribution in [0.3, 0.4) is 0 Å². The number of aliphatic carboxylic acids is 1. The monoisotopic (exact) mass is 314 g/mol. The van der Waals surface area contributed by atoms with Gasteiger partial charge in [0.2, 0.25) is 0 Å². The van der Waals surface area contributed by atoms with Gasteiger partial charge in [0.1, 0.15) is 5.82 Å². The molecule has 2 N–H and O–H groups in total. The van der Waals surface area contributed by atoms with Crippen LogP contribution in [-0.4, -0.2) is 22.7 Å². The highest BCUT2D eigenvalue weighted by Gasteiger charge is 2.11. The Morgan fingerprint density at radius 3 is 2.30 bits per heavy atom. The molecule has 0 bridgehead atoms. The highest BCUT2D eigenvalue weighted by Crippen LogP contribution is 2.08. The Kier molecular flexibility index (Phi) is 5.57. The van der Waals surface area contributed by atoms with Crippen molar-refractivity contribution in [2.45, 2.75) is 12.8 Å². The highest BCUT2D eigenvalue weighted by atomic mass is 19.1. The minimum Gasteiger partial charge on any atom is -0.481 e. The summed E-state index contributed by atoms with van der Waals surface area (Å²) in [6.45, 7) is 0. The molecule has 2 aromatic carbocycles. The second-order valence-electron chi connectivity index (χ2n) is 4.74. The molecular formula is C17H15FN2O3. The van der Waals surface area contributed by atoms with Crippen LogP contribution < -0.4 is 5.43 Å². The number of carbonyl (C=O) groups excluding carboxylic acids is 1. The van der Waals surface area contributed by atoms with Crippen molar-refractivity contribution in [2.24, 2.45) is 5.10 Å². The van der Waals surface area contributed by atoms with Gasteiger partial charge in [-0.1, -0.05) is 42.5 Å². The third-order valence-electron chi connectivity index (χ3n) is 3.09. The summed E-state index contributed by atoms with van der Waals surface area (Å²) in [7, 11) is 0. The molecule has 0 heterocycles. The Hall–Kier alpha value is -3.02. The number of nitrogens with zero attached hydrogens (tertiary/aromatic N) is 1. The summed E-state index contributed by atoms with van der Waals surface area (Å²) in [5.41, 5.74) is 3.27. The van der Waals surface area contributed by atoms with Gasteiger partial charge in [0.15, 0.2) is 0 Å². The Labute approximate surface area is 132 Å². The van der Waals surface area contributed by atoms with Crippen molar-refractivity contribution in [3.8, 4) is 0 Å². The Balaban J connectivity index is 2.18. The van der Waals surface area contributed by atoms with Crippen molar-refractivity contribution < 1.29 is 19.1 Å². The molecule has 6 heteroatoms. The summed E-state index contributed by atoms with van der Waals surface area (Å²) in [6, 6.07) is 14.5. The molecule has 2 rings (SSSR count). The summed E-state index contributed by atoms with van der Waals surface area (Å²) in [6.07, 6.45) is 0.0280. The van der Waals surface area contributed by atoms with Gasteiger partial charge in [0.05, 0.1) is 17.7 Å². The van der Waals surface area contributed by atoms with E-state index < -0.39 is 17.7 Å². The molecule has 1 amide bonds. The number of rotatable bonds is 6. The van der Waals surface area contributed by atoms with Crippen molar-refractivity contribution in [3.05, 3.63) is 71.5 Å². The Morgan fingerprint density at radius 1 is 1.00 bits per heavy atom. The fourth-order valence-electron chi connectivity index (χ4n) is 1.94. The fourth-order valence-corrected chi connectivity index (χ4v) is 1.94. The maximum atomic E-state index is 13.6. The van der Waals surface area contributed by atoms with Crippen molar-refractivity contribution in [1.29, 1.82) is 0 Å². The van der Waals surface area contributed by atoms with E-state index in [1.54, 1.807) is 30.3 Å². The van der Waals surface area contributed by atoms with Crippen LogP contribution in [0.5, 0.6) is 0 Å². The summed E-state index contributed by atoms with van der Waals surface area (Å²) in [5, 5.41) is 12.8. The second-order valence-corrected chi connectivity index (χ2v) is 4.74. The molecule has 118 valence electrons. The SMILES string of the molecule is O=C(O)CC/C(=N\NC(=O)c1ccccc1F)c1ccccc1. The predicted molar refractivity (Wildman–Crippen MR) is 83.7 cm³/mol. The largest absolute Gasteiger partial charge is 0.481 e. The molecule has 0 aliphatic rings. The van der Waals surface area contributed by atoms with E-state index in [0.717, 1.165) is 0 Å². The van der Waals surface area contributed by atoms with Gasteiger partial charge in [-0.3, -0.25) is 9.59 Å². The van der Waals surface area contributed by atoms with Crippen LogP contribution >= 0.6 is 0 Å². The van der Waals surface area contributed by atoms with Crippen molar-refractivity contribution in [3.63, 3.8) is 0 Å². The lowest BCUT2D eigenvalue weighted by Gasteiger charge is -2.07. The van der Waals surface area contributed by atoms with E-state index in [1.165, 1.54) is 18.2 Å². The Bertz CT molecular complexity index is 730.